The first-order valence-corrected chi connectivity index (χ1v) is 7.41. The summed E-state index contributed by atoms with van der Waals surface area (Å²) < 4.78 is 0. The fourth-order valence-corrected chi connectivity index (χ4v) is 2.42. The molecule has 1 heterocycles. The van der Waals surface area contributed by atoms with E-state index in [2.05, 4.69) is 23.6 Å². The zero-order chi connectivity index (χ0) is 12.5. The SMILES string of the molecule is CCC(C)CN1CCN(CCCCCN)CC1. The molecule has 1 rings (SSSR count). The average molecular weight is 241 g/mol. The molecular formula is C14H31N3. The molecule has 102 valence electrons. The van der Waals surface area contributed by atoms with Crippen LogP contribution < -0.4 is 5.73 Å². The van der Waals surface area contributed by atoms with Gasteiger partial charge in [-0.1, -0.05) is 26.7 Å². The average Bonchev–Trinajstić information content (AvgIpc) is 2.36. The smallest absolute Gasteiger partial charge is 0.0110 e. The highest BCUT2D eigenvalue weighted by Gasteiger charge is 2.17. The number of hydrogen-bond acceptors (Lipinski definition) is 3. The molecule has 3 nitrogen and oxygen atoms in total. The summed E-state index contributed by atoms with van der Waals surface area (Å²) in [6.45, 7) is 13.1. The summed E-state index contributed by atoms with van der Waals surface area (Å²) in [5.74, 6) is 0.853. The van der Waals surface area contributed by atoms with Crippen LogP contribution in [0.1, 0.15) is 39.5 Å². The molecule has 0 radical (unpaired) electrons. The van der Waals surface area contributed by atoms with Crippen molar-refractivity contribution in [3.8, 4) is 0 Å². The maximum Gasteiger partial charge on any atom is 0.0110 e. The monoisotopic (exact) mass is 241 g/mol. The molecule has 0 saturated carbocycles. The second-order valence-corrected chi connectivity index (χ2v) is 5.51. The molecule has 0 aromatic rings. The van der Waals surface area contributed by atoms with E-state index in [4.69, 9.17) is 5.73 Å². The van der Waals surface area contributed by atoms with Gasteiger partial charge in [-0.2, -0.15) is 0 Å². The quantitative estimate of drug-likeness (QED) is 0.658. The summed E-state index contributed by atoms with van der Waals surface area (Å²) in [6.07, 6.45) is 5.11. The van der Waals surface area contributed by atoms with Crippen molar-refractivity contribution in [3.05, 3.63) is 0 Å². The molecular weight excluding hydrogens is 210 g/mol. The lowest BCUT2D eigenvalue weighted by Crippen LogP contribution is -2.47. The van der Waals surface area contributed by atoms with Crippen molar-refractivity contribution < 1.29 is 0 Å². The maximum absolute atomic E-state index is 5.51. The highest BCUT2D eigenvalue weighted by Crippen LogP contribution is 2.09. The predicted molar refractivity (Wildman–Crippen MR) is 75.2 cm³/mol. The predicted octanol–water partition coefficient (Wildman–Crippen LogP) is 1.78. The number of rotatable bonds is 8. The summed E-state index contributed by atoms with van der Waals surface area (Å²) >= 11 is 0. The third-order valence-corrected chi connectivity index (χ3v) is 3.91. The topological polar surface area (TPSA) is 32.5 Å². The third kappa shape index (κ3) is 6.39. The van der Waals surface area contributed by atoms with Crippen LogP contribution in [0.3, 0.4) is 0 Å². The van der Waals surface area contributed by atoms with Crippen LogP contribution in [0.5, 0.6) is 0 Å². The van der Waals surface area contributed by atoms with Gasteiger partial charge in [-0.05, 0) is 31.8 Å². The molecule has 0 aromatic heterocycles. The molecule has 0 bridgehead atoms. The Bertz CT molecular complexity index is 176. The van der Waals surface area contributed by atoms with Crippen LogP contribution in [0.25, 0.3) is 0 Å². The molecule has 17 heavy (non-hydrogen) atoms. The first kappa shape index (κ1) is 14.9. The fourth-order valence-electron chi connectivity index (χ4n) is 2.42. The number of unbranched alkanes of at least 4 members (excludes halogenated alkanes) is 2. The van der Waals surface area contributed by atoms with E-state index in [1.54, 1.807) is 0 Å². The fraction of sp³-hybridized carbons (Fsp3) is 1.00. The highest BCUT2D eigenvalue weighted by molar-refractivity contribution is 4.73. The molecule has 1 saturated heterocycles. The first-order valence-electron chi connectivity index (χ1n) is 7.41. The lowest BCUT2D eigenvalue weighted by atomic mass is 10.1. The first-order chi connectivity index (χ1) is 8.26. The van der Waals surface area contributed by atoms with Crippen molar-refractivity contribution in [2.75, 3.05) is 45.8 Å². The molecule has 1 aliphatic heterocycles. The van der Waals surface area contributed by atoms with Crippen molar-refractivity contribution in [2.45, 2.75) is 39.5 Å². The lowest BCUT2D eigenvalue weighted by molar-refractivity contribution is 0.118. The van der Waals surface area contributed by atoms with Gasteiger partial charge in [0.2, 0.25) is 0 Å². The van der Waals surface area contributed by atoms with Crippen LogP contribution in [-0.2, 0) is 0 Å². The summed E-state index contributed by atoms with van der Waals surface area (Å²) in [6, 6.07) is 0. The minimum Gasteiger partial charge on any atom is -0.330 e. The highest BCUT2D eigenvalue weighted by atomic mass is 15.3. The van der Waals surface area contributed by atoms with Gasteiger partial charge >= 0.3 is 0 Å². The van der Waals surface area contributed by atoms with Crippen molar-refractivity contribution in [1.29, 1.82) is 0 Å². The Morgan fingerprint density at radius 3 is 2.24 bits per heavy atom. The van der Waals surface area contributed by atoms with Gasteiger partial charge in [0.15, 0.2) is 0 Å². The molecule has 0 amide bonds. The summed E-state index contributed by atoms with van der Waals surface area (Å²) in [4.78, 5) is 5.24. The van der Waals surface area contributed by atoms with E-state index in [9.17, 15) is 0 Å². The minimum atomic E-state index is 0.850. The van der Waals surface area contributed by atoms with Crippen LogP contribution in [0.2, 0.25) is 0 Å². The van der Waals surface area contributed by atoms with E-state index in [1.165, 1.54) is 65.0 Å². The van der Waals surface area contributed by atoms with Crippen LogP contribution in [-0.4, -0.2) is 55.6 Å². The second-order valence-electron chi connectivity index (χ2n) is 5.51. The van der Waals surface area contributed by atoms with Crippen molar-refractivity contribution >= 4 is 0 Å². The van der Waals surface area contributed by atoms with Crippen molar-refractivity contribution in [3.63, 3.8) is 0 Å². The molecule has 0 aromatic carbocycles. The Labute approximate surface area is 107 Å². The van der Waals surface area contributed by atoms with Gasteiger partial charge in [-0.3, -0.25) is 0 Å². The standard InChI is InChI=1S/C14H31N3/c1-3-14(2)13-17-11-9-16(10-12-17)8-6-4-5-7-15/h14H,3-13,15H2,1-2H3. The van der Waals surface area contributed by atoms with Gasteiger partial charge in [0.1, 0.15) is 0 Å². The normalized spacial score (nSPS) is 20.6. The van der Waals surface area contributed by atoms with Crippen LogP contribution >= 0.6 is 0 Å². The van der Waals surface area contributed by atoms with Crippen LogP contribution in [0.4, 0.5) is 0 Å². The molecule has 1 fully saturated rings. The van der Waals surface area contributed by atoms with Crippen molar-refractivity contribution in [1.82, 2.24) is 9.80 Å². The molecule has 0 spiro atoms. The number of hydrogen-bond donors (Lipinski definition) is 1. The number of piperazine rings is 1. The van der Waals surface area contributed by atoms with Crippen LogP contribution in [0.15, 0.2) is 0 Å². The maximum atomic E-state index is 5.51. The Kier molecular flexibility index (Phi) is 7.82. The van der Waals surface area contributed by atoms with E-state index in [-0.39, 0.29) is 0 Å². The van der Waals surface area contributed by atoms with Gasteiger partial charge in [-0.15, -0.1) is 0 Å². The van der Waals surface area contributed by atoms with Gasteiger partial charge in [0.25, 0.3) is 0 Å². The van der Waals surface area contributed by atoms with E-state index in [0.29, 0.717) is 0 Å². The second kappa shape index (κ2) is 8.90. The molecule has 3 heteroatoms. The number of nitrogens with zero attached hydrogens (tertiary/aromatic N) is 2. The Balaban J connectivity index is 2.05. The van der Waals surface area contributed by atoms with Gasteiger partial charge in [0.05, 0.1) is 0 Å². The lowest BCUT2D eigenvalue weighted by Gasteiger charge is -2.35. The zero-order valence-electron chi connectivity index (χ0n) is 11.8. The Morgan fingerprint density at radius 2 is 1.65 bits per heavy atom. The Morgan fingerprint density at radius 1 is 1.00 bits per heavy atom. The van der Waals surface area contributed by atoms with E-state index in [1.807, 2.05) is 0 Å². The number of nitrogens with two attached hydrogens (primary N) is 1. The zero-order valence-corrected chi connectivity index (χ0v) is 11.8. The summed E-state index contributed by atoms with van der Waals surface area (Å²) in [5.41, 5.74) is 5.51. The third-order valence-electron chi connectivity index (χ3n) is 3.91. The van der Waals surface area contributed by atoms with Crippen molar-refractivity contribution in [2.24, 2.45) is 11.7 Å². The Hall–Kier alpha value is -0.120. The van der Waals surface area contributed by atoms with E-state index in [0.717, 1.165) is 12.5 Å². The van der Waals surface area contributed by atoms with E-state index >= 15 is 0 Å². The minimum absolute atomic E-state index is 0.850. The van der Waals surface area contributed by atoms with Crippen LogP contribution in [0, 0.1) is 5.92 Å². The molecule has 2 N–H and O–H groups in total. The largest absolute Gasteiger partial charge is 0.330 e. The van der Waals surface area contributed by atoms with Gasteiger partial charge < -0.3 is 15.5 Å². The summed E-state index contributed by atoms with van der Waals surface area (Å²) in [7, 11) is 0. The molecule has 1 unspecified atom stereocenters. The van der Waals surface area contributed by atoms with E-state index < -0.39 is 0 Å². The van der Waals surface area contributed by atoms with Gasteiger partial charge in [0, 0.05) is 32.7 Å². The molecule has 1 aliphatic rings. The van der Waals surface area contributed by atoms with Gasteiger partial charge in [-0.25, -0.2) is 0 Å². The molecule has 0 aliphatic carbocycles. The molecule has 1 atom stereocenters. The summed E-state index contributed by atoms with van der Waals surface area (Å²) in [5, 5.41) is 0.